The fourth-order valence-corrected chi connectivity index (χ4v) is 1.63. The zero-order valence-corrected chi connectivity index (χ0v) is 13.6. The summed E-state index contributed by atoms with van der Waals surface area (Å²) in [5, 5.41) is 6.20. The van der Waals surface area contributed by atoms with Gasteiger partial charge in [-0.2, -0.15) is 0 Å². The zero-order chi connectivity index (χ0) is 16.2. The summed E-state index contributed by atoms with van der Waals surface area (Å²) in [4.78, 5) is 17.7. The first kappa shape index (κ1) is 18.0. The van der Waals surface area contributed by atoms with Crippen molar-refractivity contribution in [1.82, 2.24) is 15.5 Å². The first-order chi connectivity index (χ1) is 10.6. The Morgan fingerprint density at radius 2 is 1.95 bits per heavy atom. The maximum Gasteiger partial charge on any atom is 0.241 e. The second-order valence-corrected chi connectivity index (χ2v) is 4.92. The molecule has 0 spiro atoms. The quantitative estimate of drug-likeness (QED) is 0.424. The molecule has 1 aromatic rings. The fraction of sp³-hybridized carbons (Fsp3) is 0.500. The number of hydrogen-bond donors (Lipinski definition) is 2. The maximum absolute atomic E-state index is 11.7. The average molecular weight is 306 g/mol. The minimum atomic E-state index is -0.000908. The highest BCUT2D eigenvalue weighted by molar-refractivity contribution is 5.86. The van der Waals surface area contributed by atoms with Crippen molar-refractivity contribution in [3.63, 3.8) is 0 Å². The third-order valence-electron chi connectivity index (χ3n) is 2.91. The molecule has 0 aliphatic heterocycles. The zero-order valence-electron chi connectivity index (χ0n) is 13.6. The molecule has 0 fully saturated rings. The van der Waals surface area contributed by atoms with Gasteiger partial charge < -0.3 is 20.3 Å². The summed E-state index contributed by atoms with van der Waals surface area (Å²) in [5.74, 6) is 0.609. The number of guanidine groups is 1. The second kappa shape index (κ2) is 10.6. The first-order valence-corrected chi connectivity index (χ1v) is 7.47. The summed E-state index contributed by atoms with van der Waals surface area (Å²) in [6.07, 6.45) is 0. The van der Waals surface area contributed by atoms with Crippen LogP contribution in [0.25, 0.3) is 0 Å². The number of aliphatic imine (C=N–C) groups is 1. The maximum atomic E-state index is 11.7. The molecule has 0 unspecified atom stereocenters. The van der Waals surface area contributed by atoms with Gasteiger partial charge in [0.05, 0.1) is 19.7 Å². The van der Waals surface area contributed by atoms with E-state index in [4.69, 9.17) is 4.74 Å². The fourth-order valence-electron chi connectivity index (χ4n) is 1.63. The Morgan fingerprint density at radius 3 is 2.59 bits per heavy atom. The van der Waals surface area contributed by atoms with Crippen molar-refractivity contribution in [3.8, 4) is 0 Å². The largest absolute Gasteiger partial charge is 0.380 e. The number of carbonyl (C=O) groups excluding carboxylic acids is 1. The molecule has 2 N–H and O–H groups in total. The number of nitrogens with zero attached hydrogens (tertiary/aromatic N) is 2. The minimum absolute atomic E-state index is 0.000908. The van der Waals surface area contributed by atoms with Gasteiger partial charge in [-0.05, 0) is 12.5 Å². The molecule has 6 heteroatoms. The molecule has 0 saturated carbocycles. The summed E-state index contributed by atoms with van der Waals surface area (Å²) in [7, 11) is 3.46. The lowest BCUT2D eigenvalue weighted by Gasteiger charge is -2.15. The topological polar surface area (TPSA) is 66.0 Å². The van der Waals surface area contributed by atoms with E-state index in [1.807, 2.05) is 37.3 Å². The lowest BCUT2D eigenvalue weighted by atomic mass is 10.2. The lowest BCUT2D eigenvalue weighted by molar-refractivity contribution is -0.127. The first-order valence-electron chi connectivity index (χ1n) is 7.47. The third-order valence-corrected chi connectivity index (χ3v) is 2.91. The molecule has 0 atom stereocenters. The van der Waals surface area contributed by atoms with Crippen LogP contribution in [0.5, 0.6) is 0 Å². The van der Waals surface area contributed by atoms with E-state index in [-0.39, 0.29) is 12.5 Å². The van der Waals surface area contributed by atoms with Crippen LogP contribution in [0.3, 0.4) is 0 Å². The van der Waals surface area contributed by atoms with Gasteiger partial charge >= 0.3 is 0 Å². The van der Waals surface area contributed by atoms with Crippen molar-refractivity contribution in [2.45, 2.75) is 13.5 Å². The Hall–Kier alpha value is -2.08. The molecule has 1 aromatic carbocycles. The standard InChI is InChI=1S/C16H26N4O2/c1-4-22-11-10-17-16(19-13-15(21)20(2)3)18-12-14-8-6-5-7-9-14/h5-9H,4,10-13H2,1-3H3,(H2,17,18,19). The highest BCUT2D eigenvalue weighted by Crippen LogP contribution is 1.99. The number of carbonyl (C=O) groups is 1. The molecule has 0 bridgehead atoms. The minimum Gasteiger partial charge on any atom is -0.380 e. The number of benzene rings is 1. The molecule has 0 aromatic heterocycles. The molecule has 6 nitrogen and oxygen atoms in total. The number of rotatable bonds is 8. The molecule has 0 aliphatic carbocycles. The Labute approximate surface area is 132 Å². The van der Waals surface area contributed by atoms with E-state index in [0.717, 1.165) is 5.56 Å². The monoisotopic (exact) mass is 306 g/mol. The number of likely N-dealkylation sites (N-methyl/N-ethyl adjacent to an activating group) is 1. The van der Waals surface area contributed by atoms with Crippen LogP contribution >= 0.6 is 0 Å². The van der Waals surface area contributed by atoms with Crippen molar-refractivity contribution in [1.29, 1.82) is 0 Å². The van der Waals surface area contributed by atoms with E-state index >= 15 is 0 Å². The molecular formula is C16H26N4O2. The van der Waals surface area contributed by atoms with Crippen molar-refractivity contribution < 1.29 is 9.53 Å². The van der Waals surface area contributed by atoms with Crippen LogP contribution in [0, 0.1) is 0 Å². The summed E-state index contributed by atoms with van der Waals surface area (Å²) < 4.78 is 5.29. The van der Waals surface area contributed by atoms with E-state index in [0.29, 0.717) is 32.3 Å². The normalized spacial score (nSPS) is 11.1. The molecule has 0 heterocycles. The van der Waals surface area contributed by atoms with Crippen LogP contribution in [0.1, 0.15) is 12.5 Å². The van der Waals surface area contributed by atoms with Crippen LogP contribution in [0.2, 0.25) is 0 Å². The van der Waals surface area contributed by atoms with Gasteiger partial charge in [0, 0.05) is 27.2 Å². The van der Waals surface area contributed by atoms with Crippen molar-refractivity contribution in [2.24, 2.45) is 4.99 Å². The summed E-state index contributed by atoms with van der Waals surface area (Å²) in [6, 6.07) is 9.98. The van der Waals surface area contributed by atoms with Gasteiger partial charge in [-0.15, -0.1) is 0 Å². The highest BCUT2D eigenvalue weighted by atomic mass is 16.5. The third kappa shape index (κ3) is 7.64. The van der Waals surface area contributed by atoms with Gasteiger partial charge in [-0.3, -0.25) is 4.79 Å². The number of ether oxygens (including phenoxy) is 1. The predicted octanol–water partition coefficient (Wildman–Crippen LogP) is 0.847. The van der Waals surface area contributed by atoms with Crippen LogP contribution in [-0.4, -0.2) is 57.2 Å². The van der Waals surface area contributed by atoms with E-state index < -0.39 is 0 Å². The lowest BCUT2D eigenvalue weighted by Crippen LogP contribution is -2.43. The molecule has 1 rings (SSSR count). The number of amides is 1. The number of nitrogens with one attached hydrogen (secondary N) is 2. The smallest absolute Gasteiger partial charge is 0.241 e. The summed E-state index contributed by atoms with van der Waals surface area (Å²) in [5.41, 5.74) is 1.12. The van der Waals surface area contributed by atoms with Gasteiger partial charge in [0.1, 0.15) is 0 Å². The Morgan fingerprint density at radius 1 is 1.23 bits per heavy atom. The van der Waals surface area contributed by atoms with E-state index in [2.05, 4.69) is 15.6 Å². The Kier molecular flexibility index (Phi) is 8.67. The van der Waals surface area contributed by atoms with Crippen molar-refractivity contribution in [2.75, 3.05) is 40.4 Å². The van der Waals surface area contributed by atoms with Crippen LogP contribution in [-0.2, 0) is 16.1 Å². The molecular weight excluding hydrogens is 280 g/mol. The molecule has 0 radical (unpaired) electrons. The van der Waals surface area contributed by atoms with Crippen LogP contribution in [0.15, 0.2) is 35.3 Å². The Bertz CT molecular complexity index is 460. The number of hydrogen-bond acceptors (Lipinski definition) is 3. The molecule has 122 valence electrons. The van der Waals surface area contributed by atoms with Crippen molar-refractivity contribution in [3.05, 3.63) is 35.9 Å². The van der Waals surface area contributed by atoms with E-state index in [1.165, 1.54) is 0 Å². The van der Waals surface area contributed by atoms with Gasteiger partial charge in [0.2, 0.25) is 5.91 Å². The van der Waals surface area contributed by atoms with Crippen molar-refractivity contribution >= 4 is 11.9 Å². The summed E-state index contributed by atoms with van der Waals surface area (Å²) >= 11 is 0. The Balaban J connectivity index is 2.54. The van der Waals surface area contributed by atoms with Gasteiger partial charge in [-0.1, -0.05) is 30.3 Å². The molecule has 0 aliphatic rings. The van der Waals surface area contributed by atoms with Crippen LogP contribution < -0.4 is 10.6 Å². The molecule has 0 saturated heterocycles. The second-order valence-electron chi connectivity index (χ2n) is 4.92. The molecule has 22 heavy (non-hydrogen) atoms. The average Bonchev–Trinajstić information content (AvgIpc) is 2.53. The molecule has 1 amide bonds. The predicted molar refractivity (Wildman–Crippen MR) is 88.8 cm³/mol. The summed E-state index contributed by atoms with van der Waals surface area (Å²) in [6.45, 7) is 4.65. The van der Waals surface area contributed by atoms with Gasteiger partial charge in [-0.25, -0.2) is 4.99 Å². The van der Waals surface area contributed by atoms with E-state index in [1.54, 1.807) is 19.0 Å². The SMILES string of the molecule is CCOCCNC(=NCc1ccccc1)NCC(=O)N(C)C. The van der Waals surface area contributed by atoms with E-state index in [9.17, 15) is 4.79 Å². The highest BCUT2D eigenvalue weighted by Gasteiger charge is 2.05. The van der Waals surface area contributed by atoms with Crippen LogP contribution in [0.4, 0.5) is 0 Å². The van der Waals surface area contributed by atoms with Gasteiger partial charge in [0.25, 0.3) is 0 Å². The van der Waals surface area contributed by atoms with Gasteiger partial charge in [0.15, 0.2) is 5.96 Å².